The third-order valence-electron chi connectivity index (χ3n) is 5.88. The summed E-state index contributed by atoms with van der Waals surface area (Å²) < 4.78 is 29.4. The normalized spacial score (nSPS) is 15.1. The Kier molecular flexibility index (Phi) is 7.29. The topological polar surface area (TPSA) is 114 Å². The number of sulfonamides is 1. The van der Waals surface area contributed by atoms with Crippen LogP contribution in [0.3, 0.4) is 0 Å². The minimum absolute atomic E-state index is 0.142. The lowest BCUT2D eigenvalue weighted by molar-refractivity contribution is -0.116. The Bertz CT molecular complexity index is 1410. The molecule has 184 valence electrons. The number of hydrogen-bond acceptors (Lipinski definition) is 6. The van der Waals surface area contributed by atoms with Crippen LogP contribution in [-0.2, 0) is 27.9 Å². The van der Waals surface area contributed by atoms with Gasteiger partial charge < -0.3 is 10.2 Å². The van der Waals surface area contributed by atoms with Crippen LogP contribution in [0.25, 0.3) is 0 Å². The number of carbonyl (C=O) groups is 1. The summed E-state index contributed by atoms with van der Waals surface area (Å²) in [4.78, 5) is 39.8. The molecule has 11 heteroatoms. The predicted molar refractivity (Wildman–Crippen MR) is 132 cm³/mol. The highest BCUT2D eigenvalue weighted by molar-refractivity contribution is 7.89. The summed E-state index contributed by atoms with van der Waals surface area (Å²) >= 11 is 0. The van der Waals surface area contributed by atoms with E-state index in [0.29, 0.717) is 31.9 Å². The van der Waals surface area contributed by atoms with E-state index in [1.54, 1.807) is 0 Å². The smallest absolute Gasteiger partial charge is 0.325 e. The van der Waals surface area contributed by atoms with Crippen molar-refractivity contribution < 1.29 is 13.2 Å². The van der Waals surface area contributed by atoms with Gasteiger partial charge in [-0.25, -0.2) is 13.2 Å². The molecule has 1 fully saturated rings. The Morgan fingerprint density at radius 2 is 1.57 bits per heavy atom. The Labute approximate surface area is 203 Å². The fourth-order valence-corrected chi connectivity index (χ4v) is 5.26. The van der Waals surface area contributed by atoms with E-state index >= 15 is 0 Å². The highest BCUT2D eigenvalue weighted by atomic mass is 32.2. The molecule has 1 saturated heterocycles. The van der Waals surface area contributed by atoms with Gasteiger partial charge in [0.2, 0.25) is 15.9 Å². The number of rotatable bonds is 7. The molecule has 1 N–H and O–H groups in total. The predicted octanol–water partition coefficient (Wildman–Crippen LogP) is 0.633. The van der Waals surface area contributed by atoms with Crippen molar-refractivity contribution >= 4 is 21.6 Å². The number of anilines is 1. The van der Waals surface area contributed by atoms with Crippen molar-refractivity contribution in [2.75, 3.05) is 38.5 Å². The maximum absolute atomic E-state index is 12.9. The Hall–Kier alpha value is -3.54. The molecule has 35 heavy (non-hydrogen) atoms. The van der Waals surface area contributed by atoms with Crippen LogP contribution in [0, 0.1) is 0 Å². The van der Waals surface area contributed by atoms with E-state index in [9.17, 15) is 22.8 Å². The quantitative estimate of drug-likeness (QED) is 0.512. The molecule has 1 aliphatic heterocycles. The van der Waals surface area contributed by atoms with Gasteiger partial charge >= 0.3 is 5.69 Å². The summed E-state index contributed by atoms with van der Waals surface area (Å²) in [5, 5.41) is 2.62. The van der Waals surface area contributed by atoms with Crippen molar-refractivity contribution in [2.24, 2.45) is 0 Å². The molecule has 0 atom stereocenters. The first kappa shape index (κ1) is 24.6. The summed E-state index contributed by atoms with van der Waals surface area (Å²) in [7, 11) is -1.67. The zero-order valence-electron chi connectivity index (χ0n) is 19.3. The molecule has 10 nitrogen and oxygen atoms in total. The maximum Gasteiger partial charge on any atom is 0.331 e. The van der Waals surface area contributed by atoms with Crippen LogP contribution >= 0.6 is 0 Å². The summed E-state index contributed by atoms with van der Waals surface area (Å²) in [6.07, 6.45) is 1.41. The molecule has 0 unspecified atom stereocenters. The number of carbonyl (C=O) groups excluding carboxylic acids is 1. The SMILES string of the molecule is CN1CCN(S(=O)(=O)c2ccc(NC(=O)Cn3c(=O)ccn(Cc4ccccc4)c3=O)cc2)CC1. The van der Waals surface area contributed by atoms with E-state index in [1.165, 1.54) is 45.4 Å². The molecule has 1 aromatic heterocycles. The van der Waals surface area contributed by atoms with E-state index in [1.807, 2.05) is 37.4 Å². The number of aromatic nitrogens is 2. The molecule has 2 aromatic carbocycles. The third kappa shape index (κ3) is 5.76. The van der Waals surface area contributed by atoms with Crippen molar-refractivity contribution in [1.29, 1.82) is 0 Å². The van der Waals surface area contributed by atoms with Crippen LogP contribution in [0.1, 0.15) is 5.56 Å². The first-order valence-corrected chi connectivity index (χ1v) is 12.6. The number of hydrogen-bond donors (Lipinski definition) is 1. The van der Waals surface area contributed by atoms with Crippen LogP contribution in [0.2, 0.25) is 0 Å². The van der Waals surface area contributed by atoms with Gasteiger partial charge in [0.1, 0.15) is 6.54 Å². The molecule has 4 rings (SSSR count). The number of nitrogens with one attached hydrogen (secondary N) is 1. The molecule has 0 aliphatic carbocycles. The van der Waals surface area contributed by atoms with Gasteiger partial charge in [-0.15, -0.1) is 0 Å². The second-order valence-electron chi connectivity index (χ2n) is 8.42. The maximum atomic E-state index is 12.9. The highest BCUT2D eigenvalue weighted by Gasteiger charge is 2.27. The van der Waals surface area contributed by atoms with E-state index in [4.69, 9.17) is 0 Å². The van der Waals surface area contributed by atoms with E-state index in [2.05, 4.69) is 10.2 Å². The zero-order chi connectivity index (χ0) is 25.0. The lowest BCUT2D eigenvalue weighted by Crippen LogP contribution is -2.46. The van der Waals surface area contributed by atoms with Gasteiger partial charge in [0.15, 0.2) is 0 Å². The Balaban J connectivity index is 1.44. The lowest BCUT2D eigenvalue weighted by Gasteiger charge is -2.31. The lowest BCUT2D eigenvalue weighted by atomic mass is 10.2. The molecule has 0 radical (unpaired) electrons. The van der Waals surface area contributed by atoms with Gasteiger partial charge in [0.25, 0.3) is 5.56 Å². The average molecular weight is 498 g/mol. The van der Waals surface area contributed by atoms with Gasteiger partial charge in [-0.05, 0) is 36.9 Å². The molecule has 2 heterocycles. The number of piperazine rings is 1. The second-order valence-corrected chi connectivity index (χ2v) is 10.4. The number of nitrogens with zero attached hydrogens (tertiary/aromatic N) is 4. The first-order chi connectivity index (χ1) is 16.7. The fraction of sp³-hybridized carbons (Fsp3) is 0.292. The number of likely N-dealkylation sites (N-methyl/N-ethyl adjacent to an activating group) is 1. The van der Waals surface area contributed by atoms with E-state index in [0.717, 1.165) is 10.1 Å². The standard InChI is InChI=1S/C24H27N5O5S/c1-26-13-15-28(16-14-26)35(33,34)21-9-7-20(8-10-21)25-22(30)18-29-23(31)11-12-27(24(29)32)17-19-5-3-2-4-6-19/h2-12H,13-18H2,1H3,(H,25,30). The van der Waals surface area contributed by atoms with Gasteiger partial charge in [-0.2, -0.15) is 4.31 Å². The van der Waals surface area contributed by atoms with Gasteiger partial charge in [0.05, 0.1) is 11.4 Å². The molecular formula is C24H27N5O5S. The number of benzene rings is 2. The fourth-order valence-electron chi connectivity index (χ4n) is 3.83. The highest BCUT2D eigenvalue weighted by Crippen LogP contribution is 2.19. The van der Waals surface area contributed by atoms with Crippen LogP contribution in [0.4, 0.5) is 5.69 Å². The van der Waals surface area contributed by atoms with Gasteiger partial charge in [0, 0.05) is 44.1 Å². The van der Waals surface area contributed by atoms with Crippen molar-refractivity contribution in [3.8, 4) is 0 Å². The first-order valence-electron chi connectivity index (χ1n) is 11.2. The zero-order valence-corrected chi connectivity index (χ0v) is 20.1. The minimum Gasteiger partial charge on any atom is -0.325 e. The second kappa shape index (κ2) is 10.4. The Morgan fingerprint density at radius 1 is 0.914 bits per heavy atom. The van der Waals surface area contributed by atoms with Crippen LogP contribution < -0.4 is 16.6 Å². The third-order valence-corrected chi connectivity index (χ3v) is 7.79. The van der Waals surface area contributed by atoms with Crippen molar-refractivity contribution in [1.82, 2.24) is 18.3 Å². The van der Waals surface area contributed by atoms with E-state index in [-0.39, 0.29) is 11.4 Å². The number of amides is 1. The molecule has 1 amide bonds. The van der Waals surface area contributed by atoms with Gasteiger partial charge in [-0.1, -0.05) is 30.3 Å². The van der Waals surface area contributed by atoms with Gasteiger partial charge in [-0.3, -0.25) is 18.7 Å². The molecule has 0 saturated carbocycles. The molecule has 1 aliphatic rings. The average Bonchev–Trinajstić information content (AvgIpc) is 2.85. The van der Waals surface area contributed by atoms with Crippen molar-refractivity contribution in [2.45, 2.75) is 18.0 Å². The summed E-state index contributed by atoms with van der Waals surface area (Å²) in [6.45, 7) is 1.98. The van der Waals surface area contributed by atoms with Crippen molar-refractivity contribution in [3.05, 3.63) is 93.3 Å². The Morgan fingerprint density at radius 3 is 2.23 bits per heavy atom. The monoisotopic (exact) mass is 497 g/mol. The molecule has 0 spiro atoms. The summed E-state index contributed by atoms with van der Waals surface area (Å²) in [6, 6.07) is 16.4. The summed E-state index contributed by atoms with van der Waals surface area (Å²) in [5.74, 6) is -0.573. The summed E-state index contributed by atoms with van der Waals surface area (Å²) in [5.41, 5.74) is 0.0741. The van der Waals surface area contributed by atoms with Crippen LogP contribution in [0.15, 0.2) is 81.3 Å². The van der Waals surface area contributed by atoms with Crippen LogP contribution in [0.5, 0.6) is 0 Å². The minimum atomic E-state index is -3.62. The van der Waals surface area contributed by atoms with Crippen molar-refractivity contribution in [3.63, 3.8) is 0 Å². The largest absolute Gasteiger partial charge is 0.331 e. The molecular weight excluding hydrogens is 470 g/mol. The van der Waals surface area contributed by atoms with E-state index < -0.39 is 33.7 Å². The van der Waals surface area contributed by atoms with Crippen LogP contribution in [-0.4, -0.2) is 65.9 Å². The molecule has 3 aromatic rings. The molecule has 0 bridgehead atoms.